The number of esters is 1. The van der Waals surface area contributed by atoms with Gasteiger partial charge >= 0.3 is 5.97 Å². The van der Waals surface area contributed by atoms with Crippen LogP contribution in [0.5, 0.6) is 0 Å². The third kappa shape index (κ3) is 6.18. The summed E-state index contributed by atoms with van der Waals surface area (Å²) in [6.45, 7) is 4.55. The van der Waals surface area contributed by atoms with E-state index in [1.165, 1.54) is 15.3 Å². The Morgan fingerprint density at radius 1 is 1.11 bits per heavy atom. The smallest absolute Gasteiger partial charge is 0.338 e. The van der Waals surface area contributed by atoms with E-state index < -0.39 is 12.0 Å². The molecule has 0 aliphatic carbocycles. The minimum Gasteiger partial charge on any atom is -0.462 e. The van der Waals surface area contributed by atoms with Gasteiger partial charge in [-0.05, 0) is 98.0 Å². The number of halogens is 1. The summed E-state index contributed by atoms with van der Waals surface area (Å²) in [6, 6.07) is 14.6. The van der Waals surface area contributed by atoms with Crippen LogP contribution in [0.25, 0.3) is 0 Å². The molecule has 0 bridgehead atoms. The van der Waals surface area contributed by atoms with Gasteiger partial charge in [-0.1, -0.05) is 11.6 Å². The number of hydrogen-bond acceptors (Lipinski definition) is 6. The zero-order chi connectivity index (χ0) is 26.5. The quantitative estimate of drug-likeness (QED) is 0.279. The number of hydrogen-bond donors (Lipinski definition) is 1. The molecule has 1 unspecified atom stereocenters. The lowest BCUT2D eigenvalue weighted by molar-refractivity contribution is -0.124. The molecule has 0 radical (unpaired) electrons. The number of thiocarbonyl (C=S) groups is 1. The molecular weight excluding hydrogens is 530 g/mol. The first-order chi connectivity index (χ1) is 17.8. The number of thiophene rings is 1. The van der Waals surface area contributed by atoms with E-state index in [1.807, 2.05) is 17.2 Å². The highest BCUT2D eigenvalue weighted by Crippen LogP contribution is 2.29. The second kappa shape index (κ2) is 11.9. The van der Waals surface area contributed by atoms with Gasteiger partial charge in [-0.2, -0.15) is 0 Å². The van der Waals surface area contributed by atoms with Crippen LogP contribution in [-0.4, -0.2) is 47.0 Å². The van der Waals surface area contributed by atoms with E-state index in [-0.39, 0.29) is 24.8 Å². The summed E-state index contributed by atoms with van der Waals surface area (Å²) in [5.41, 5.74) is 2.69. The number of anilines is 2. The van der Waals surface area contributed by atoms with Crippen molar-refractivity contribution in [2.45, 2.75) is 32.7 Å². The Labute approximate surface area is 230 Å². The van der Waals surface area contributed by atoms with Crippen molar-refractivity contribution in [3.05, 3.63) is 81.0 Å². The fourth-order valence-corrected chi connectivity index (χ4v) is 5.53. The molecule has 0 saturated carbocycles. The summed E-state index contributed by atoms with van der Waals surface area (Å²) in [4.78, 5) is 43.0. The molecule has 2 amide bonds. The molecule has 1 fully saturated rings. The van der Waals surface area contributed by atoms with Crippen LogP contribution in [0.3, 0.4) is 0 Å². The van der Waals surface area contributed by atoms with Crippen molar-refractivity contribution in [3.63, 3.8) is 0 Å². The standard InChI is InChI=1S/C27H26ClN3O4S2/c1-3-35-26(34)18-4-10-21(11-5-18)31-25(33)22(16-24(32)29-20-8-6-19(28)7-9-20)30(27(31)36)14-12-23-17(2)13-15-37-23/h4-11,13,15,22H,3,12,14,16H2,1-2H3,(H,29,32). The van der Waals surface area contributed by atoms with E-state index in [4.69, 9.17) is 28.6 Å². The Kier molecular flexibility index (Phi) is 8.58. The SMILES string of the molecule is CCOC(=O)c1ccc(N2C(=O)C(CC(=O)Nc3ccc(Cl)cc3)N(CCc3sccc3C)C2=S)cc1. The lowest BCUT2D eigenvalue weighted by atomic mass is 10.1. The average molecular weight is 556 g/mol. The molecule has 0 spiro atoms. The normalized spacial score (nSPS) is 15.3. The van der Waals surface area contributed by atoms with Gasteiger partial charge in [-0.25, -0.2) is 4.79 Å². The Hall–Kier alpha value is -3.27. The lowest BCUT2D eigenvalue weighted by Gasteiger charge is -2.24. The Morgan fingerprint density at radius 2 is 1.81 bits per heavy atom. The predicted octanol–water partition coefficient (Wildman–Crippen LogP) is 5.46. The van der Waals surface area contributed by atoms with Crippen molar-refractivity contribution < 1.29 is 19.1 Å². The van der Waals surface area contributed by atoms with Crippen molar-refractivity contribution in [1.82, 2.24) is 4.90 Å². The average Bonchev–Trinajstić information content (AvgIpc) is 3.39. The molecule has 1 saturated heterocycles. The molecule has 2 heterocycles. The largest absolute Gasteiger partial charge is 0.462 e. The minimum atomic E-state index is -0.759. The fraction of sp³-hybridized carbons (Fsp3) is 0.259. The van der Waals surface area contributed by atoms with Crippen LogP contribution in [0, 0.1) is 6.92 Å². The first-order valence-electron chi connectivity index (χ1n) is 11.8. The van der Waals surface area contributed by atoms with Gasteiger partial charge in [0.1, 0.15) is 6.04 Å². The molecule has 4 rings (SSSR count). The van der Waals surface area contributed by atoms with E-state index in [0.717, 1.165) is 0 Å². The van der Waals surface area contributed by atoms with Gasteiger partial charge in [0, 0.05) is 22.1 Å². The van der Waals surface area contributed by atoms with Gasteiger partial charge in [-0.3, -0.25) is 14.5 Å². The molecule has 1 aromatic heterocycles. The summed E-state index contributed by atoms with van der Waals surface area (Å²) in [7, 11) is 0. The van der Waals surface area contributed by atoms with Crippen LogP contribution >= 0.6 is 35.2 Å². The summed E-state index contributed by atoms with van der Waals surface area (Å²) < 4.78 is 5.04. The van der Waals surface area contributed by atoms with Crippen LogP contribution < -0.4 is 10.2 Å². The fourth-order valence-electron chi connectivity index (χ4n) is 4.09. The van der Waals surface area contributed by atoms with Gasteiger partial charge in [0.25, 0.3) is 5.91 Å². The Balaban J connectivity index is 1.56. The van der Waals surface area contributed by atoms with E-state index in [0.29, 0.717) is 40.0 Å². The Morgan fingerprint density at radius 3 is 2.43 bits per heavy atom. The van der Waals surface area contributed by atoms with Crippen LogP contribution in [-0.2, 0) is 20.7 Å². The van der Waals surface area contributed by atoms with Crippen LogP contribution in [0.15, 0.2) is 60.0 Å². The zero-order valence-electron chi connectivity index (χ0n) is 20.4. The van der Waals surface area contributed by atoms with Crippen LogP contribution in [0.4, 0.5) is 11.4 Å². The van der Waals surface area contributed by atoms with Crippen LogP contribution in [0.2, 0.25) is 5.02 Å². The van der Waals surface area contributed by atoms with Gasteiger partial charge in [0.05, 0.1) is 24.3 Å². The zero-order valence-corrected chi connectivity index (χ0v) is 22.8. The first kappa shape index (κ1) is 26.8. The van der Waals surface area contributed by atoms with Crippen molar-refractivity contribution in [3.8, 4) is 0 Å². The second-order valence-corrected chi connectivity index (χ2v) is 10.3. The Bertz CT molecular complexity index is 1310. The van der Waals surface area contributed by atoms with Crippen molar-refractivity contribution >= 4 is 69.4 Å². The summed E-state index contributed by atoms with van der Waals surface area (Å²) in [5.74, 6) is -1.03. The van der Waals surface area contributed by atoms with E-state index in [1.54, 1.807) is 66.8 Å². The number of amides is 2. The summed E-state index contributed by atoms with van der Waals surface area (Å²) >= 11 is 13.3. The molecule has 3 aromatic rings. The molecule has 2 aromatic carbocycles. The highest BCUT2D eigenvalue weighted by molar-refractivity contribution is 7.80. The summed E-state index contributed by atoms with van der Waals surface area (Å²) in [6.07, 6.45) is 0.629. The number of nitrogens with zero attached hydrogens (tertiary/aromatic N) is 2. The molecular formula is C27H26ClN3O4S2. The molecule has 1 atom stereocenters. The number of aryl methyl sites for hydroxylation is 1. The van der Waals surface area contributed by atoms with E-state index in [9.17, 15) is 14.4 Å². The highest BCUT2D eigenvalue weighted by atomic mass is 35.5. The third-order valence-corrected chi connectivity index (χ3v) is 7.76. The van der Waals surface area contributed by atoms with Gasteiger partial charge in [0.15, 0.2) is 5.11 Å². The maximum atomic E-state index is 13.6. The third-order valence-electron chi connectivity index (χ3n) is 6.01. The van der Waals surface area contributed by atoms with E-state index >= 15 is 0 Å². The first-order valence-corrected chi connectivity index (χ1v) is 13.4. The number of carbonyl (C=O) groups is 3. The number of rotatable bonds is 9. The van der Waals surface area contributed by atoms with Crippen molar-refractivity contribution in [2.24, 2.45) is 0 Å². The molecule has 1 aliphatic rings. The van der Waals surface area contributed by atoms with Crippen molar-refractivity contribution in [1.29, 1.82) is 0 Å². The van der Waals surface area contributed by atoms with Crippen molar-refractivity contribution in [2.75, 3.05) is 23.4 Å². The van der Waals surface area contributed by atoms with Crippen LogP contribution in [0.1, 0.15) is 34.1 Å². The maximum Gasteiger partial charge on any atom is 0.338 e. The molecule has 7 nitrogen and oxygen atoms in total. The maximum absolute atomic E-state index is 13.6. The second-order valence-electron chi connectivity index (χ2n) is 8.47. The molecule has 1 N–H and O–H groups in total. The molecule has 10 heteroatoms. The molecule has 1 aliphatic heterocycles. The topological polar surface area (TPSA) is 78.9 Å². The number of carbonyl (C=O) groups excluding carboxylic acids is 3. The molecule has 37 heavy (non-hydrogen) atoms. The number of benzene rings is 2. The minimum absolute atomic E-state index is 0.0670. The molecule has 192 valence electrons. The highest BCUT2D eigenvalue weighted by Gasteiger charge is 2.44. The van der Waals surface area contributed by atoms with Gasteiger partial charge in [0.2, 0.25) is 5.91 Å². The monoisotopic (exact) mass is 555 g/mol. The van der Waals surface area contributed by atoms with Gasteiger partial charge in [-0.15, -0.1) is 11.3 Å². The lowest BCUT2D eigenvalue weighted by Crippen LogP contribution is -2.39. The number of nitrogens with one attached hydrogen (secondary N) is 1. The van der Waals surface area contributed by atoms with E-state index in [2.05, 4.69) is 11.4 Å². The summed E-state index contributed by atoms with van der Waals surface area (Å²) in [5, 5.41) is 5.75. The predicted molar refractivity (Wildman–Crippen MR) is 150 cm³/mol. The van der Waals surface area contributed by atoms with Gasteiger partial charge < -0.3 is 15.0 Å². The number of ether oxygens (including phenoxy) is 1.